The number of anilines is 1. The summed E-state index contributed by atoms with van der Waals surface area (Å²) in [5, 5.41) is 7.24. The molecule has 0 aliphatic rings. The molecule has 3 aromatic rings. The summed E-state index contributed by atoms with van der Waals surface area (Å²) in [4.78, 5) is 8.06. The predicted octanol–water partition coefficient (Wildman–Crippen LogP) is 1.46. The van der Waals surface area contributed by atoms with E-state index in [1.54, 1.807) is 22.2 Å². The zero-order valence-electron chi connectivity index (χ0n) is 7.66. The lowest BCUT2D eigenvalue weighted by Gasteiger charge is -2.00. The van der Waals surface area contributed by atoms with Gasteiger partial charge in [0.1, 0.15) is 22.4 Å². The Hall–Kier alpha value is -1.95. The van der Waals surface area contributed by atoms with Crippen LogP contribution in [0, 0.1) is 0 Å². The molecular weight excluding hydrogens is 210 g/mol. The molecule has 3 heterocycles. The number of hydrogen-bond donors (Lipinski definition) is 1. The van der Waals surface area contributed by atoms with Gasteiger partial charge in [-0.05, 0) is 17.5 Å². The summed E-state index contributed by atoms with van der Waals surface area (Å²) >= 11 is 1.59. The number of thiophene rings is 1. The summed E-state index contributed by atoms with van der Waals surface area (Å²) in [7, 11) is 0. The topological polar surface area (TPSA) is 69.6 Å². The largest absolute Gasteiger partial charge is 0.382 e. The molecule has 0 spiro atoms. The first-order valence-electron chi connectivity index (χ1n) is 4.34. The second kappa shape index (κ2) is 3.03. The minimum Gasteiger partial charge on any atom is -0.382 e. The monoisotopic (exact) mass is 217 g/mol. The van der Waals surface area contributed by atoms with E-state index in [4.69, 9.17) is 5.73 Å². The Morgan fingerprint density at radius 2 is 2.27 bits per heavy atom. The average molecular weight is 217 g/mol. The van der Waals surface area contributed by atoms with Crippen LogP contribution < -0.4 is 5.73 Å². The van der Waals surface area contributed by atoms with E-state index >= 15 is 0 Å². The Bertz CT molecular complexity index is 598. The molecule has 0 radical (unpaired) electrons. The first-order chi connectivity index (χ1) is 7.36. The third kappa shape index (κ3) is 1.18. The van der Waals surface area contributed by atoms with Crippen molar-refractivity contribution in [2.45, 2.75) is 0 Å². The molecule has 5 nitrogen and oxygen atoms in total. The molecule has 15 heavy (non-hydrogen) atoms. The molecule has 0 saturated heterocycles. The lowest BCUT2D eigenvalue weighted by molar-refractivity contribution is 0.927. The summed E-state index contributed by atoms with van der Waals surface area (Å²) in [6, 6.07) is 3.94. The number of nitrogens with two attached hydrogens (primary N) is 1. The van der Waals surface area contributed by atoms with Crippen molar-refractivity contribution in [2.75, 3.05) is 5.73 Å². The van der Waals surface area contributed by atoms with Gasteiger partial charge in [0, 0.05) is 0 Å². The van der Waals surface area contributed by atoms with E-state index in [2.05, 4.69) is 15.1 Å². The van der Waals surface area contributed by atoms with Crippen molar-refractivity contribution in [3.63, 3.8) is 0 Å². The predicted molar refractivity (Wildman–Crippen MR) is 58.9 cm³/mol. The fourth-order valence-electron chi connectivity index (χ4n) is 1.45. The van der Waals surface area contributed by atoms with Crippen LogP contribution in [-0.4, -0.2) is 19.7 Å². The van der Waals surface area contributed by atoms with Gasteiger partial charge >= 0.3 is 0 Å². The minimum absolute atomic E-state index is 0.450. The van der Waals surface area contributed by atoms with E-state index in [-0.39, 0.29) is 0 Å². The maximum absolute atomic E-state index is 5.80. The third-order valence-corrected chi connectivity index (χ3v) is 2.94. The molecule has 0 unspecified atom stereocenters. The highest BCUT2D eigenvalue weighted by molar-refractivity contribution is 7.12. The molecule has 0 bridgehead atoms. The van der Waals surface area contributed by atoms with Crippen molar-refractivity contribution in [2.24, 2.45) is 0 Å². The van der Waals surface area contributed by atoms with Crippen LogP contribution in [0.3, 0.4) is 0 Å². The van der Waals surface area contributed by atoms with Gasteiger partial charge in [-0.2, -0.15) is 5.10 Å². The Labute approximate surface area is 89.2 Å². The van der Waals surface area contributed by atoms with Crippen molar-refractivity contribution in [1.82, 2.24) is 19.7 Å². The first kappa shape index (κ1) is 8.37. The van der Waals surface area contributed by atoms with Gasteiger partial charge in [-0.3, -0.25) is 0 Å². The summed E-state index contributed by atoms with van der Waals surface area (Å²) in [6.07, 6.45) is 3.13. The van der Waals surface area contributed by atoms with Gasteiger partial charge in [-0.25, -0.2) is 14.6 Å². The maximum atomic E-state index is 5.80. The van der Waals surface area contributed by atoms with E-state index in [0.717, 1.165) is 16.0 Å². The SMILES string of the molecule is Nc1ncnc2cnn(-c3cccs3)c12. The van der Waals surface area contributed by atoms with Crippen molar-refractivity contribution >= 4 is 28.2 Å². The van der Waals surface area contributed by atoms with Crippen LogP contribution >= 0.6 is 11.3 Å². The van der Waals surface area contributed by atoms with E-state index in [1.165, 1.54) is 6.33 Å². The molecule has 6 heteroatoms. The first-order valence-corrected chi connectivity index (χ1v) is 5.22. The zero-order chi connectivity index (χ0) is 10.3. The fourth-order valence-corrected chi connectivity index (χ4v) is 2.14. The average Bonchev–Trinajstić information content (AvgIpc) is 2.85. The number of nitrogen functional groups attached to an aromatic ring is 1. The van der Waals surface area contributed by atoms with Crippen LogP contribution in [0.4, 0.5) is 5.82 Å². The molecule has 0 aromatic carbocycles. The van der Waals surface area contributed by atoms with Gasteiger partial charge in [-0.15, -0.1) is 11.3 Å². The molecule has 0 aliphatic carbocycles. The number of nitrogens with zero attached hydrogens (tertiary/aromatic N) is 4. The molecule has 0 amide bonds. The van der Waals surface area contributed by atoms with Gasteiger partial charge in [0.25, 0.3) is 0 Å². The molecule has 2 N–H and O–H groups in total. The highest BCUT2D eigenvalue weighted by atomic mass is 32.1. The quantitative estimate of drug-likeness (QED) is 0.670. The lowest BCUT2D eigenvalue weighted by atomic mass is 10.4. The fraction of sp³-hybridized carbons (Fsp3) is 0. The second-order valence-electron chi connectivity index (χ2n) is 3.00. The Balaban J connectivity index is 2.37. The summed E-state index contributed by atoms with van der Waals surface area (Å²) in [5.74, 6) is 0.450. The number of rotatable bonds is 1. The Kier molecular flexibility index (Phi) is 1.69. The molecule has 0 atom stereocenters. The van der Waals surface area contributed by atoms with Crippen LogP contribution in [0.2, 0.25) is 0 Å². The van der Waals surface area contributed by atoms with Crippen molar-refractivity contribution in [1.29, 1.82) is 0 Å². The van der Waals surface area contributed by atoms with E-state index in [1.807, 2.05) is 17.5 Å². The summed E-state index contributed by atoms with van der Waals surface area (Å²) in [6.45, 7) is 0. The molecule has 0 aliphatic heterocycles. The van der Waals surface area contributed by atoms with Gasteiger partial charge < -0.3 is 5.73 Å². The number of hydrogen-bond acceptors (Lipinski definition) is 5. The van der Waals surface area contributed by atoms with Crippen molar-refractivity contribution in [3.8, 4) is 5.00 Å². The highest BCUT2D eigenvalue weighted by Crippen LogP contribution is 2.22. The van der Waals surface area contributed by atoms with Crippen LogP contribution in [0.1, 0.15) is 0 Å². The van der Waals surface area contributed by atoms with Gasteiger partial charge in [0.05, 0.1) is 6.20 Å². The molecule has 74 valence electrons. The van der Waals surface area contributed by atoms with E-state index < -0.39 is 0 Å². The summed E-state index contributed by atoms with van der Waals surface area (Å²) in [5.41, 5.74) is 7.32. The molecule has 0 saturated carbocycles. The minimum atomic E-state index is 0.450. The van der Waals surface area contributed by atoms with Crippen molar-refractivity contribution in [3.05, 3.63) is 30.0 Å². The lowest BCUT2D eigenvalue weighted by Crippen LogP contribution is -1.98. The van der Waals surface area contributed by atoms with E-state index in [9.17, 15) is 0 Å². The standard InChI is InChI=1S/C9H7N5S/c10-9-8-6(11-5-12-9)4-13-14(8)7-2-1-3-15-7/h1-5H,(H2,10,11,12). The van der Waals surface area contributed by atoms with Crippen LogP contribution in [0.15, 0.2) is 30.0 Å². The third-order valence-electron chi connectivity index (χ3n) is 2.10. The zero-order valence-corrected chi connectivity index (χ0v) is 8.48. The van der Waals surface area contributed by atoms with E-state index in [0.29, 0.717) is 5.82 Å². The number of aromatic nitrogens is 4. The van der Waals surface area contributed by atoms with Gasteiger partial charge in [0.2, 0.25) is 0 Å². The number of fused-ring (bicyclic) bond motifs is 1. The maximum Gasteiger partial charge on any atom is 0.153 e. The van der Waals surface area contributed by atoms with Crippen molar-refractivity contribution < 1.29 is 0 Å². The van der Waals surface area contributed by atoms with Crippen LogP contribution in [0.5, 0.6) is 0 Å². The molecular formula is C9H7N5S. The van der Waals surface area contributed by atoms with Crippen LogP contribution in [-0.2, 0) is 0 Å². The smallest absolute Gasteiger partial charge is 0.153 e. The molecule has 3 aromatic heterocycles. The molecule has 0 fully saturated rings. The van der Waals surface area contributed by atoms with Gasteiger partial charge in [0.15, 0.2) is 5.82 Å². The Morgan fingerprint density at radius 1 is 1.33 bits per heavy atom. The van der Waals surface area contributed by atoms with Crippen LogP contribution in [0.25, 0.3) is 16.0 Å². The van der Waals surface area contributed by atoms with Gasteiger partial charge in [-0.1, -0.05) is 0 Å². The second-order valence-corrected chi connectivity index (χ2v) is 3.93. The summed E-state index contributed by atoms with van der Waals surface area (Å²) < 4.78 is 1.76. The highest BCUT2D eigenvalue weighted by Gasteiger charge is 2.09. The normalized spacial score (nSPS) is 10.9. The molecule has 3 rings (SSSR count). The Morgan fingerprint density at radius 3 is 3.07 bits per heavy atom.